The molecule has 0 amide bonds. The zero-order chi connectivity index (χ0) is 35.8. The van der Waals surface area contributed by atoms with Gasteiger partial charge in [0.05, 0.1) is 11.0 Å². The molecule has 9 aromatic carbocycles. The molecule has 0 aliphatic carbocycles. The van der Waals surface area contributed by atoms with Crippen LogP contribution in [0.2, 0.25) is 0 Å². The summed E-state index contributed by atoms with van der Waals surface area (Å²) >= 11 is 0. The maximum atomic E-state index is 2.41. The highest BCUT2D eigenvalue weighted by Gasteiger charge is 2.20. The molecular weight excluding hydrogens is 653 g/mol. The van der Waals surface area contributed by atoms with Crippen LogP contribution in [0.25, 0.3) is 71.6 Å². The topological polar surface area (TPSA) is 8.17 Å². The molecule has 1 heterocycles. The number of fused-ring (bicyclic) bond motifs is 5. The Morgan fingerprint density at radius 1 is 0.315 bits per heavy atom. The average Bonchev–Trinajstić information content (AvgIpc) is 3.60. The Hall–Kier alpha value is -7.16. The van der Waals surface area contributed by atoms with Gasteiger partial charge < -0.3 is 9.47 Å². The molecule has 0 spiro atoms. The van der Waals surface area contributed by atoms with E-state index in [9.17, 15) is 0 Å². The van der Waals surface area contributed by atoms with Crippen molar-refractivity contribution in [3.63, 3.8) is 0 Å². The Balaban J connectivity index is 1.13. The van der Waals surface area contributed by atoms with Crippen LogP contribution in [0.4, 0.5) is 17.1 Å². The predicted molar refractivity (Wildman–Crippen MR) is 229 cm³/mol. The van der Waals surface area contributed by atoms with E-state index in [4.69, 9.17) is 0 Å². The van der Waals surface area contributed by atoms with Crippen LogP contribution in [0.5, 0.6) is 0 Å². The van der Waals surface area contributed by atoms with Gasteiger partial charge in [0.25, 0.3) is 0 Å². The molecule has 0 atom stereocenters. The lowest BCUT2D eigenvalue weighted by Gasteiger charge is -2.26. The van der Waals surface area contributed by atoms with Crippen LogP contribution >= 0.6 is 0 Å². The van der Waals surface area contributed by atoms with Crippen molar-refractivity contribution >= 4 is 49.6 Å². The Bertz CT molecular complexity index is 2910. The van der Waals surface area contributed by atoms with E-state index in [1.165, 1.54) is 66.0 Å². The molecule has 0 aliphatic heterocycles. The van der Waals surface area contributed by atoms with E-state index < -0.39 is 0 Å². The summed E-state index contributed by atoms with van der Waals surface area (Å²) in [5.74, 6) is 0. The van der Waals surface area contributed by atoms with Crippen molar-refractivity contribution < 1.29 is 0 Å². The molecule has 0 fully saturated rings. The van der Waals surface area contributed by atoms with Gasteiger partial charge in [0.2, 0.25) is 0 Å². The number of aromatic nitrogens is 1. The standard InChI is InChI=1S/C52H36N2/c1-4-16-37(17-5-1)45-25-12-13-26-46(45)39-30-33-43(34-31-39)53(41-20-6-2-7-21-41)44-24-14-19-40(36-44)48-28-15-29-49-52(48)51-47-27-11-10-18-38(47)32-35-50(51)54(49)42-22-8-3-9-23-42/h1-36H. The molecule has 10 aromatic rings. The van der Waals surface area contributed by atoms with Crippen molar-refractivity contribution in [2.24, 2.45) is 0 Å². The lowest BCUT2D eigenvalue weighted by atomic mass is 9.94. The fraction of sp³-hybridized carbons (Fsp3) is 0. The first-order valence-electron chi connectivity index (χ1n) is 18.5. The summed E-state index contributed by atoms with van der Waals surface area (Å²) in [7, 11) is 0. The van der Waals surface area contributed by atoms with Crippen molar-refractivity contribution in [3.8, 4) is 39.1 Å². The molecule has 254 valence electrons. The molecule has 2 heteroatoms. The predicted octanol–water partition coefficient (Wildman–Crippen LogP) is 14.4. The molecular formula is C52H36N2. The third kappa shape index (κ3) is 5.44. The first-order valence-corrected chi connectivity index (χ1v) is 18.5. The Morgan fingerprint density at radius 3 is 1.61 bits per heavy atom. The molecule has 54 heavy (non-hydrogen) atoms. The van der Waals surface area contributed by atoms with Crippen LogP contribution in [-0.4, -0.2) is 4.57 Å². The third-order valence-corrected chi connectivity index (χ3v) is 10.6. The maximum Gasteiger partial charge on any atom is 0.0547 e. The molecule has 2 nitrogen and oxygen atoms in total. The number of hydrogen-bond acceptors (Lipinski definition) is 1. The van der Waals surface area contributed by atoms with E-state index in [0.29, 0.717) is 0 Å². The fourth-order valence-electron chi connectivity index (χ4n) is 8.16. The second-order valence-electron chi connectivity index (χ2n) is 13.7. The quantitative estimate of drug-likeness (QED) is 0.162. The van der Waals surface area contributed by atoms with E-state index >= 15 is 0 Å². The summed E-state index contributed by atoms with van der Waals surface area (Å²) in [6.45, 7) is 0. The fourth-order valence-corrected chi connectivity index (χ4v) is 8.16. The molecule has 0 saturated carbocycles. The largest absolute Gasteiger partial charge is 0.310 e. The summed E-state index contributed by atoms with van der Waals surface area (Å²) in [6, 6.07) is 78.7. The lowest BCUT2D eigenvalue weighted by Crippen LogP contribution is -2.09. The highest BCUT2D eigenvalue weighted by molar-refractivity contribution is 6.25. The van der Waals surface area contributed by atoms with Gasteiger partial charge in [-0.05, 0) is 105 Å². The molecule has 0 N–H and O–H groups in total. The molecule has 0 bridgehead atoms. The number of benzene rings is 9. The number of rotatable bonds is 7. The van der Waals surface area contributed by atoms with E-state index in [-0.39, 0.29) is 0 Å². The van der Waals surface area contributed by atoms with Crippen LogP contribution in [-0.2, 0) is 0 Å². The maximum absolute atomic E-state index is 2.41. The van der Waals surface area contributed by atoms with E-state index in [0.717, 1.165) is 22.7 Å². The van der Waals surface area contributed by atoms with E-state index in [2.05, 4.69) is 228 Å². The SMILES string of the molecule is c1ccc(-c2ccccc2-c2ccc(N(c3ccccc3)c3cccc(-c4cccc5c4c4c6ccccc6ccc4n5-c4ccccc4)c3)cc2)cc1. The third-order valence-electron chi connectivity index (χ3n) is 10.6. The normalized spacial score (nSPS) is 11.3. The van der Waals surface area contributed by atoms with Gasteiger partial charge >= 0.3 is 0 Å². The second kappa shape index (κ2) is 13.4. The van der Waals surface area contributed by atoms with Gasteiger partial charge in [0.1, 0.15) is 0 Å². The van der Waals surface area contributed by atoms with E-state index in [1.807, 2.05) is 0 Å². The summed E-state index contributed by atoms with van der Waals surface area (Å²) in [5, 5.41) is 5.04. The molecule has 10 rings (SSSR count). The molecule has 1 aromatic heterocycles. The van der Waals surface area contributed by atoms with Crippen LogP contribution in [0.3, 0.4) is 0 Å². The van der Waals surface area contributed by atoms with Crippen molar-refractivity contribution in [1.29, 1.82) is 0 Å². The van der Waals surface area contributed by atoms with Crippen LogP contribution in [0.15, 0.2) is 218 Å². The monoisotopic (exact) mass is 688 g/mol. The zero-order valence-corrected chi connectivity index (χ0v) is 29.7. The van der Waals surface area contributed by atoms with Gasteiger partial charge in [-0.25, -0.2) is 0 Å². The Kier molecular flexibility index (Phi) is 7.85. The minimum atomic E-state index is 1.10. The Morgan fingerprint density at radius 2 is 0.852 bits per heavy atom. The number of anilines is 3. The summed E-state index contributed by atoms with van der Waals surface area (Å²) in [6.07, 6.45) is 0. The highest BCUT2D eigenvalue weighted by atomic mass is 15.1. The van der Waals surface area contributed by atoms with Crippen LogP contribution in [0, 0.1) is 0 Å². The van der Waals surface area contributed by atoms with Gasteiger partial charge in [0.15, 0.2) is 0 Å². The molecule has 0 saturated heterocycles. The molecule has 0 unspecified atom stereocenters. The minimum absolute atomic E-state index is 1.10. The average molecular weight is 689 g/mol. The van der Waals surface area contributed by atoms with Gasteiger partial charge in [-0.2, -0.15) is 0 Å². The van der Waals surface area contributed by atoms with Crippen LogP contribution < -0.4 is 4.90 Å². The second-order valence-corrected chi connectivity index (χ2v) is 13.7. The van der Waals surface area contributed by atoms with Gasteiger partial charge in [-0.3, -0.25) is 0 Å². The number of hydrogen-bond donors (Lipinski definition) is 0. The smallest absolute Gasteiger partial charge is 0.0547 e. The van der Waals surface area contributed by atoms with Gasteiger partial charge in [0, 0.05) is 33.5 Å². The summed E-state index contributed by atoms with van der Waals surface area (Å²) < 4.78 is 2.41. The lowest BCUT2D eigenvalue weighted by molar-refractivity contribution is 1.18. The molecule has 0 aliphatic rings. The van der Waals surface area contributed by atoms with Crippen molar-refractivity contribution in [2.45, 2.75) is 0 Å². The first-order chi connectivity index (χ1) is 26.8. The number of para-hydroxylation sites is 2. The zero-order valence-electron chi connectivity index (χ0n) is 29.7. The van der Waals surface area contributed by atoms with Crippen molar-refractivity contribution in [3.05, 3.63) is 218 Å². The van der Waals surface area contributed by atoms with Crippen molar-refractivity contribution in [1.82, 2.24) is 4.57 Å². The van der Waals surface area contributed by atoms with Crippen molar-refractivity contribution in [2.75, 3.05) is 4.90 Å². The minimum Gasteiger partial charge on any atom is -0.310 e. The van der Waals surface area contributed by atoms with E-state index in [1.54, 1.807) is 0 Å². The van der Waals surface area contributed by atoms with Gasteiger partial charge in [-0.1, -0.05) is 158 Å². The van der Waals surface area contributed by atoms with Gasteiger partial charge in [-0.15, -0.1) is 0 Å². The molecule has 0 radical (unpaired) electrons. The Labute approximate surface area is 315 Å². The summed E-state index contributed by atoms with van der Waals surface area (Å²) in [4.78, 5) is 2.36. The summed E-state index contributed by atoms with van der Waals surface area (Å²) in [5.41, 5.74) is 14.1. The van der Waals surface area contributed by atoms with Crippen LogP contribution in [0.1, 0.15) is 0 Å². The highest BCUT2D eigenvalue weighted by Crippen LogP contribution is 2.44. The first kappa shape index (κ1) is 31.6. The number of nitrogens with zero attached hydrogens (tertiary/aromatic N) is 2.